The smallest absolute Gasteiger partial charge is 0.322 e. The fraction of sp³-hybridized carbons (Fsp3) is 0.250. The van der Waals surface area contributed by atoms with Gasteiger partial charge >= 0.3 is 6.03 Å². The summed E-state index contributed by atoms with van der Waals surface area (Å²) in [6.07, 6.45) is 0. The zero-order valence-electron chi connectivity index (χ0n) is 15.4. The number of anilines is 2. The Morgan fingerprint density at radius 2 is 1.93 bits per heavy atom. The third kappa shape index (κ3) is 4.10. The van der Waals surface area contributed by atoms with Crippen molar-refractivity contribution in [3.63, 3.8) is 0 Å². The summed E-state index contributed by atoms with van der Waals surface area (Å²) in [4.78, 5) is 17.6. The average Bonchev–Trinajstić information content (AvgIpc) is 3.26. The van der Waals surface area contributed by atoms with Crippen molar-refractivity contribution in [1.82, 2.24) is 15.1 Å². The Kier molecular flexibility index (Phi) is 5.45. The van der Waals surface area contributed by atoms with Gasteiger partial charge in [0.15, 0.2) is 5.82 Å². The highest BCUT2D eigenvalue weighted by Gasteiger charge is 2.22. The molecule has 28 heavy (non-hydrogen) atoms. The maximum Gasteiger partial charge on any atom is 0.322 e. The van der Waals surface area contributed by atoms with Crippen LogP contribution in [-0.4, -0.2) is 47.3 Å². The van der Waals surface area contributed by atoms with E-state index in [0.29, 0.717) is 36.9 Å². The van der Waals surface area contributed by atoms with Gasteiger partial charge in [0.25, 0.3) is 0 Å². The van der Waals surface area contributed by atoms with Crippen LogP contribution in [0.15, 0.2) is 47.8 Å². The topological polar surface area (TPSA) is 61.4 Å². The first-order chi connectivity index (χ1) is 13.6. The molecule has 6 nitrogen and oxygen atoms in total. The van der Waals surface area contributed by atoms with Gasteiger partial charge in [0.2, 0.25) is 0 Å². The van der Waals surface area contributed by atoms with E-state index in [1.165, 1.54) is 0 Å². The molecule has 0 bridgehead atoms. The van der Waals surface area contributed by atoms with Gasteiger partial charge in [-0.2, -0.15) is 0 Å². The van der Waals surface area contributed by atoms with Crippen LogP contribution < -0.4 is 10.2 Å². The summed E-state index contributed by atoms with van der Waals surface area (Å²) in [5.74, 6) is 0.835. The minimum absolute atomic E-state index is 0.133. The van der Waals surface area contributed by atoms with Crippen molar-refractivity contribution >= 4 is 40.5 Å². The van der Waals surface area contributed by atoms with E-state index in [2.05, 4.69) is 20.4 Å². The number of nitrogens with one attached hydrogen (secondary N) is 1. The number of halogens is 1. The number of thiophene rings is 1. The van der Waals surface area contributed by atoms with E-state index >= 15 is 0 Å². The van der Waals surface area contributed by atoms with E-state index in [4.69, 9.17) is 11.6 Å². The molecule has 1 aliphatic rings. The first-order valence-electron chi connectivity index (χ1n) is 9.05. The average molecular weight is 414 g/mol. The van der Waals surface area contributed by atoms with Crippen LogP contribution in [0, 0.1) is 6.92 Å². The number of piperazine rings is 1. The van der Waals surface area contributed by atoms with Crippen LogP contribution in [0.1, 0.15) is 5.56 Å². The Morgan fingerprint density at radius 3 is 2.61 bits per heavy atom. The van der Waals surface area contributed by atoms with Gasteiger partial charge in [-0.3, -0.25) is 0 Å². The standard InChI is InChI=1S/C20H20ClN5OS/c1-14-4-5-15(21)17(13-14)22-20(27)26-10-8-25(9-11-26)19-7-6-16(23-24-19)18-3-2-12-28-18/h2-7,12-13H,8-11H2,1H3,(H,22,27). The molecule has 3 heterocycles. The van der Waals surface area contributed by atoms with Crippen LogP contribution in [0.5, 0.6) is 0 Å². The number of urea groups is 1. The van der Waals surface area contributed by atoms with Crippen molar-refractivity contribution in [1.29, 1.82) is 0 Å². The molecular formula is C20H20ClN5OS. The summed E-state index contributed by atoms with van der Waals surface area (Å²) in [7, 11) is 0. The van der Waals surface area contributed by atoms with E-state index in [1.807, 2.05) is 48.7 Å². The van der Waals surface area contributed by atoms with Crippen LogP contribution >= 0.6 is 22.9 Å². The van der Waals surface area contributed by atoms with Crippen molar-refractivity contribution in [2.45, 2.75) is 6.92 Å². The summed E-state index contributed by atoms with van der Waals surface area (Å²) in [5.41, 5.74) is 2.57. The molecule has 0 saturated carbocycles. The van der Waals surface area contributed by atoms with E-state index in [9.17, 15) is 4.79 Å². The molecular weight excluding hydrogens is 394 g/mol. The number of rotatable bonds is 3. The zero-order valence-corrected chi connectivity index (χ0v) is 17.0. The Morgan fingerprint density at radius 1 is 1.11 bits per heavy atom. The molecule has 1 aromatic carbocycles. The number of benzene rings is 1. The maximum absolute atomic E-state index is 12.6. The summed E-state index contributed by atoms with van der Waals surface area (Å²) < 4.78 is 0. The quantitative estimate of drug-likeness (QED) is 0.685. The number of carbonyl (C=O) groups excluding carboxylic acids is 1. The van der Waals surface area contributed by atoms with Gasteiger partial charge in [0, 0.05) is 26.2 Å². The Bertz CT molecular complexity index is 953. The third-order valence-corrected chi connectivity index (χ3v) is 5.90. The Balaban J connectivity index is 1.35. The lowest BCUT2D eigenvalue weighted by molar-refractivity contribution is 0.208. The Labute approximate surface area is 172 Å². The first kappa shape index (κ1) is 18.7. The monoisotopic (exact) mass is 413 g/mol. The van der Waals surface area contributed by atoms with Gasteiger partial charge in [0.1, 0.15) is 5.69 Å². The van der Waals surface area contributed by atoms with Gasteiger partial charge in [-0.15, -0.1) is 21.5 Å². The summed E-state index contributed by atoms with van der Waals surface area (Å²) in [6, 6.07) is 13.5. The molecule has 2 amide bonds. The fourth-order valence-corrected chi connectivity index (χ4v) is 3.97. The predicted molar refractivity (Wildman–Crippen MR) is 114 cm³/mol. The van der Waals surface area contributed by atoms with Gasteiger partial charge in [-0.25, -0.2) is 4.79 Å². The van der Waals surface area contributed by atoms with Crippen molar-refractivity contribution < 1.29 is 4.79 Å². The highest BCUT2D eigenvalue weighted by Crippen LogP contribution is 2.25. The van der Waals surface area contributed by atoms with Crippen molar-refractivity contribution in [3.8, 4) is 10.6 Å². The lowest BCUT2D eigenvalue weighted by atomic mass is 10.2. The number of carbonyl (C=O) groups is 1. The predicted octanol–water partition coefficient (Wildman–Crippen LogP) is 4.52. The number of hydrogen-bond acceptors (Lipinski definition) is 5. The van der Waals surface area contributed by atoms with E-state index < -0.39 is 0 Å². The van der Waals surface area contributed by atoms with Crippen LogP contribution in [0.2, 0.25) is 5.02 Å². The molecule has 144 valence electrons. The fourth-order valence-electron chi connectivity index (χ4n) is 3.12. The highest BCUT2D eigenvalue weighted by atomic mass is 35.5. The minimum atomic E-state index is -0.133. The molecule has 4 rings (SSSR count). The van der Waals surface area contributed by atoms with E-state index in [0.717, 1.165) is 22.0 Å². The normalized spacial score (nSPS) is 14.2. The van der Waals surface area contributed by atoms with E-state index in [1.54, 1.807) is 22.3 Å². The number of aromatic nitrogens is 2. The third-order valence-electron chi connectivity index (χ3n) is 4.68. The number of nitrogens with zero attached hydrogens (tertiary/aromatic N) is 4. The van der Waals surface area contributed by atoms with Crippen molar-refractivity contribution in [3.05, 3.63) is 58.4 Å². The lowest BCUT2D eigenvalue weighted by Gasteiger charge is -2.35. The highest BCUT2D eigenvalue weighted by molar-refractivity contribution is 7.13. The summed E-state index contributed by atoms with van der Waals surface area (Å²) >= 11 is 7.82. The number of aryl methyl sites for hydroxylation is 1. The molecule has 3 aromatic rings. The van der Waals surface area contributed by atoms with Crippen LogP contribution in [-0.2, 0) is 0 Å². The molecule has 8 heteroatoms. The Hall–Kier alpha value is -2.64. The van der Waals surface area contributed by atoms with Gasteiger partial charge in [-0.05, 0) is 48.2 Å². The second-order valence-corrected chi connectivity index (χ2v) is 8.00. The summed E-state index contributed by atoms with van der Waals surface area (Å²) in [6.45, 7) is 4.62. The van der Waals surface area contributed by atoms with Crippen LogP contribution in [0.3, 0.4) is 0 Å². The second-order valence-electron chi connectivity index (χ2n) is 6.64. The first-order valence-corrected chi connectivity index (χ1v) is 10.3. The molecule has 0 aliphatic carbocycles. The molecule has 0 atom stereocenters. The minimum Gasteiger partial charge on any atom is -0.352 e. The number of hydrogen-bond donors (Lipinski definition) is 1. The van der Waals surface area contributed by atoms with Crippen LogP contribution in [0.4, 0.5) is 16.3 Å². The SMILES string of the molecule is Cc1ccc(Cl)c(NC(=O)N2CCN(c3ccc(-c4cccs4)nn3)CC2)c1. The lowest BCUT2D eigenvalue weighted by Crippen LogP contribution is -2.50. The molecule has 0 unspecified atom stereocenters. The summed E-state index contributed by atoms with van der Waals surface area (Å²) in [5, 5.41) is 14.2. The second kappa shape index (κ2) is 8.16. The molecule has 2 aromatic heterocycles. The molecule has 1 saturated heterocycles. The molecule has 0 radical (unpaired) electrons. The van der Waals surface area contributed by atoms with Crippen LogP contribution in [0.25, 0.3) is 10.6 Å². The molecule has 0 spiro atoms. The number of amides is 2. The maximum atomic E-state index is 12.6. The van der Waals surface area contributed by atoms with Gasteiger partial charge in [0.05, 0.1) is 15.6 Å². The van der Waals surface area contributed by atoms with Gasteiger partial charge in [-0.1, -0.05) is 23.7 Å². The van der Waals surface area contributed by atoms with Crippen molar-refractivity contribution in [2.24, 2.45) is 0 Å². The molecule has 1 fully saturated rings. The van der Waals surface area contributed by atoms with E-state index in [-0.39, 0.29) is 6.03 Å². The van der Waals surface area contributed by atoms with Crippen molar-refractivity contribution in [2.75, 3.05) is 36.4 Å². The molecule has 1 aliphatic heterocycles. The zero-order chi connectivity index (χ0) is 19.5. The van der Waals surface area contributed by atoms with Gasteiger partial charge < -0.3 is 15.1 Å². The largest absolute Gasteiger partial charge is 0.352 e. The molecule has 1 N–H and O–H groups in total.